The molecule has 8 heteroatoms. The van der Waals surface area contributed by atoms with Crippen LogP contribution in [0.2, 0.25) is 0 Å². The molecule has 0 saturated heterocycles. The second-order valence-electron chi connectivity index (χ2n) is 6.93. The zero-order valence-electron chi connectivity index (χ0n) is 13.6. The molecule has 2 atom stereocenters. The standard InChI is InChI=1S/C16H18N4O4/c1-16(2,3)15-18-13(19-24-15)9-4-6-10(7-5-9)17-14(21)11-8-12(11)20(22)23/h4-7,11-12H,8H2,1-3H3,(H,17,21)/t11-,12+/m0/s1. The summed E-state index contributed by atoms with van der Waals surface area (Å²) in [5.41, 5.74) is 1.12. The molecular formula is C16H18N4O4. The maximum atomic E-state index is 11.9. The molecule has 1 aromatic carbocycles. The molecule has 1 amide bonds. The molecule has 1 heterocycles. The zero-order valence-corrected chi connectivity index (χ0v) is 13.6. The fourth-order valence-corrected chi connectivity index (χ4v) is 2.28. The largest absolute Gasteiger partial charge is 0.338 e. The van der Waals surface area contributed by atoms with Crippen molar-refractivity contribution in [3.05, 3.63) is 40.3 Å². The lowest BCUT2D eigenvalue weighted by Gasteiger charge is -2.10. The predicted molar refractivity (Wildman–Crippen MR) is 86.0 cm³/mol. The van der Waals surface area contributed by atoms with E-state index in [4.69, 9.17) is 4.52 Å². The molecule has 8 nitrogen and oxygen atoms in total. The van der Waals surface area contributed by atoms with Gasteiger partial charge >= 0.3 is 0 Å². The van der Waals surface area contributed by atoms with Gasteiger partial charge in [-0.05, 0) is 24.3 Å². The zero-order chi connectivity index (χ0) is 17.5. The molecule has 1 N–H and O–H groups in total. The molecule has 0 aliphatic heterocycles. The van der Waals surface area contributed by atoms with Gasteiger partial charge in [-0.25, -0.2) is 0 Å². The second-order valence-corrected chi connectivity index (χ2v) is 6.93. The maximum absolute atomic E-state index is 11.9. The molecule has 1 aromatic heterocycles. The number of anilines is 1. The summed E-state index contributed by atoms with van der Waals surface area (Å²) in [6.07, 6.45) is 0.301. The number of carbonyl (C=O) groups is 1. The fourth-order valence-electron chi connectivity index (χ4n) is 2.28. The molecule has 1 aliphatic carbocycles. The summed E-state index contributed by atoms with van der Waals surface area (Å²) in [4.78, 5) is 26.5. The van der Waals surface area contributed by atoms with Gasteiger partial charge in [0.1, 0.15) is 5.92 Å². The van der Waals surface area contributed by atoms with Crippen LogP contribution >= 0.6 is 0 Å². The number of nitrogens with one attached hydrogen (secondary N) is 1. The summed E-state index contributed by atoms with van der Waals surface area (Å²) in [5, 5.41) is 17.3. The molecular weight excluding hydrogens is 312 g/mol. The summed E-state index contributed by atoms with van der Waals surface area (Å²) in [6, 6.07) is 6.21. The van der Waals surface area contributed by atoms with Gasteiger partial charge < -0.3 is 9.84 Å². The molecule has 3 rings (SSSR count). The third-order valence-corrected chi connectivity index (χ3v) is 3.84. The summed E-state index contributed by atoms with van der Waals surface area (Å²) in [6.45, 7) is 5.96. The van der Waals surface area contributed by atoms with Crippen LogP contribution in [0.25, 0.3) is 11.4 Å². The van der Waals surface area contributed by atoms with E-state index >= 15 is 0 Å². The van der Waals surface area contributed by atoms with Crippen LogP contribution in [0.4, 0.5) is 5.69 Å². The van der Waals surface area contributed by atoms with Crippen molar-refractivity contribution in [1.29, 1.82) is 0 Å². The highest BCUT2D eigenvalue weighted by molar-refractivity contribution is 5.94. The van der Waals surface area contributed by atoms with Crippen LogP contribution in [0.15, 0.2) is 28.8 Å². The number of amides is 1. The van der Waals surface area contributed by atoms with Crippen molar-refractivity contribution in [2.75, 3.05) is 5.32 Å². The topological polar surface area (TPSA) is 111 Å². The van der Waals surface area contributed by atoms with E-state index in [1.807, 2.05) is 20.8 Å². The number of nitro groups is 1. The van der Waals surface area contributed by atoms with Crippen LogP contribution < -0.4 is 5.32 Å². The van der Waals surface area contributed by atoms with Crippen LogP contribution in [0.3, 0.4) is 0 Å². The lowest BCUT2D eigenvalue weighted by molar-refractivity contribution is -0.497. The fraction of sp³-hybridized carbons (Fsp3) is 0.438. The Bertz CT molecular complexity index is 776. The first kappa shape index (κ1) is 16.1. The van der Waals surface area contributed by atoms with Gasteiger partial charge in [0.2, 0.25) is 23.7 Å². The number of hydrogen-bond acceptors (Lipinski definition) is 6. The van der Waals surface area contributed by atoms with Gasteiger partial charge in [-0.15, -0.1) is 0 Å². The number of nitrogens with zero attached hydrogens (tertiary/aromatic N) is 3. The molecule has 24 heavy (non-hydrogen) atoms. The first-order valence-corrected chi connectivity index (χ1v) is 7.64. The Kier molecular flexibility index (Phi) is 3.82. The number of rotatable bonds is 4. The van der Waals surface area contributed by atoms with Gasteiger partial charge in [0.05, 0.1) is 0 Å². The van der Waals surface area contributed by atoms with Gasteiger partial charge in [-0.2, -0.15) is 4.98 Å². The Hall–Kier alpha value is -2.77. The van der Waals surface area contributed by atoms with Crippen LogP contribution in [0, 0.1) is 16.0 Å². The highest BCUT2D eigenvalue weighted by Gasteiger charge is 2.53. The van der Waals surface area contributed by atoms with Crippen molar-refractivity contribution >= 4 is 11.6 Å². The summed E-state index contributed by atoms with van der Waals surface area (Å²) >= 11 is 0. The molecule has 1 aliphatic rings. The van der Waals surface area contributed by atoms with Crippen molar-refractivity contribution in [1.82, 2.24) is 10.1 Å². The van der Waals surface area contributed by atoms with Crippen molar-refractivity contribution in [2.24, 2.45) is 5.92 Å². The quantitative estimate of drug-likeness (QED) is 0.681. The summed E-state index contributed by atoms with van der Waals surface area (Å²) in [5.74, 6) is 0.174. The van der Waals surface area contributed by atoms with E-state index < -0.39 is 16.9 Å². The minimum Gasteiger partial charge on any atom is -0.338 e. The maximum Gasteiger partial charge on any atom is 0.234 e. The van der Waals surface area contributed by atoms with Gasteiger partial charge in [0.15, 0.2) is 0 Å². The van der Waals surface area contributed by atoms with Crippen molar-refractivity contribution in [2.45, 2.75) is 38.6 Å². The minimum absolute atomic E-state index is 0.225. The SMILES string of the molecule is CC(C)(C)c1nc(-c2ccc(NC(=O)[C@H]3C[C@H]3[N+](=O)[O-])cc2)no1. The average Bonchev–Trinajstić information content (AvgIpc) is 3.16. The highest BCUT2D eigenvalue weighted by atomic mass is 16.6. The normalized spacial score (nSPS) is 19.8. The minimum atomic E-state index is -0.751. The van der Waals surface area contributed by atoms with Crippen LogP contribution in [-0.4, -0.2) is 27.0 Å². The Morgan fingerprint density at radius 2 is 2.00 bits per heavy atom. The molecule has 0 spiro atoms. The van der Waals surface area contributed by atoms with Crippen LogP contribution in [0.1, 0.15) is 33.1 Å². The van der Waals surface area contributed by atoms with Crippen LogP contribution in [0.5, 0.6) is 0 Å². The van der Waals surface area contributed by atoms with Gasteiger partial charge in [-0.3, -0.25) is 14.9 Å². The Labute approximate surface area is 138 Å². The van der Waals surface area contributed by atoms with Gasteiger partial charge in [0, 0.05) is 28.0 Å². The molecule has 1 saturated carbocycles. The van der Waals surface area contributed by atoms with E-state index in [2.05, 4.69) is 15.5 Å². The highest BCUT2D eigenvalue weighted by Crippen LogP contribution is 2.34. The Balaban J connectivity index is 1.67. The molecule has 2 aromatic rings. The van der Waals surface area contributed by atoms with E-state index in [9.17, 15) is 14.9 Å². The molecule has 1 fully saturated rings. The van der Waals surface area contributed by atoms with E-state index in [-0.39, 0.29) is 11.3 Å². The molecule has 0 radical (unpaired) electrons. The van der Waals surface area contributed by atoms with Crippen molar-refractivity contribution < 1.29 is 14.2 Å². The average molecular weight is 330 g/mol. The smallest absolute Gasteiger partial charge is 0.234 e. The first-order chi connectivity index (χ1) is 11.3. The van der Waals surface area contributed by atoms with E-state index in [0.29, 0.717) is 23.8 Å². The predicted octanol–water partition coefficient (Wildman–Crippen LogP) is 2.64. The molecule has 0 bridgehead atoms. The number of hydrogen-bond donors (Lipinski definition) is 1. The van der Waals surface area contributed by atoms with Crippen molar-refractivity contribution in [3.8, 4) is 11.4 Å². The second kappa shape index (κ2) is 5.70. The molecule has 126 valence electrons. The lowest BCUT2D eigenvalue weighted by atomic mass is 9.97. The Morgan fingerprint density at radius 3 is 2.50 bits per heavy atom. The third-order valence-electron chi connectivity index (χ3n) is 3.84. The molecule has 0 unspecified atom stereocenters. The Morgan fingerprint density at radius 1 is 1.33 bits per heavy atom. The third kappa shape index (κ3) is 3.27. The number of aromatic nitrogens is 2. The van der Waals surface area contributed by atoms with Gasteiger partial charge in [0.25, 0.3) is 0 Å². The lowest BCUT2D eigenvalue weighted by Crippen LogP contribution is -2.18. The van der Waals surface area contributed by atoms with E-state index in [1.54, 1.807) is 24.3 Å². The van der Waals surface area contributed by atoms with Gasteiger partial charge in [-0.1, -0.05) is 25.9 Å². The van der Waals surface area contributed by atoms with Crippen molar-refractivity contribution in [3.63, 3.8) is 0 Å². The van der Waals surface area contributed by atoms with E-state index in [0.717, 1.165) is 5.56 Å². The monoisotopic (exact) mass is 330 g/mol. The van der Waals surface area contributed by atoms with Crippen LogP contribution in [-0.2, 0) is 10.2 Å². The first-order valence-electron chi connectivity index (χ1n) is 7.64. The summed E-state index contributed by atoms with van der Waals surface area (Å²) < 4.78 is 5.26. The summed E-state index contributed by atoms with van der Waals surface area (Å²) in [7, 11) is 0. The number of carbonyl (C=O) groups excluding carboxylic acids is 1. The number of benzene rings is 1. The van der Waals surface area contributed by atoms with E-state index in [1.165, 1.54) is 0 Å².